The minimum absolute atomic E-state index is 0.179. The van der Waals surface area contributed by atoms with Crippen LogP contribution in [0.25, 0.3) is 22.3 Å². The number of H-pyrrole nitrogens is 1. The summed E-state index contributed by atoms with van der Waals surface area (Å²) in [6.07, 6.45) is 1.35. The fourth-order valence-corrected chi connectivity index (χ4v) is 3.56. The van der Waals surface area contributed by atoms with E-state index >= 15 is 0 Å². The van der Waals surface area contributed by atoms with Crippen LogP contribution in [0.15, 0.2) is 54.7 Å². The highest BCUT2D eigenvalue weighted by Crippen LogP contribution is 2.38. The number of nitrogens with zero attached hydrogens (tertiary/aromatic N) is 3. The Morgan fingerprint density at radius 2 is 1.79 bits per heavy atom. The summed E-state index contributed by atoms with van der Waals surface area (Å²) in [5.41, 5.74) is 2.15. The number of para-hydroxylation sites is 2. The number of imide groups is 1. The SMILES string of the molecule is COc1ccccc1N1C(=O)c2cnc3n[nH]c(-c4ccc(F)cc4)c3c2C1=O. The van der Waals surface area contributed by atoms with E-state index in [1.54, 1.807) is 36.4 Å². The minimum atomic E-state index is -0.494. The molecule has 142 valence electrons. The highest BCUT2D eigenvalue weighted by atomic mass is 19.1. The lowest BCUT2D eigenvalue weighted by Gasteiger charge is -2.16. The molecule has 0 saturated carbocycles. The van der Waals surface area contributed by atoms with E-state index in [2.05, 4.69) is 15.2 Å². The first-order chi connectivity index (χ1) is 14.1. The third-order valence-corrected chi connectivity index (χ3v) is 4.89. The van der Waals surface area contributed by atoms with Gasteiger partial charge in [-0.15, -0.1) is 0 Å². The van der Waals surface area contributed by atoms with Crippen molar-refractivity contribution in [2.75, 3.05) is 12.0 Å². The molecule has 8 heteroatoms. The van der Waals surface area contributed by atoms with Crippen LogP contribution in [-0.4, -0.2) is 34.1 Å². The zero-order chi connectivity index (χ0) is 20.1. The second-order valence-electron chi connectivity index (χ2n) is 6.47. The van der Waals surface area contributed by atoms with Crippen LogP contribution in [-0.2, 0) is 0 Å². The number of hydrogen-bond donors (Lipinski definition) is 1. The van der Waals surface area contributed by atoms with Gasteiger partial charge in [0.1, 0.15) is 11.6 Å². The maximum Gasteiger partial charge on any atom is 0.267 e. The van der Waals surface area contributed by atoms with E-state index < -0.39 is 11.8 Å². The van der Waals surface area contributed by atoms with Crippen molar-refractivity contribution in [3.63, 3.8) is 0 Å². The number of methoxy groups -OCH3 is 1. The van der Waals surface area contributed by atoms with Crippen molar-refractivity contribution in [3.05, 3.63) is 71.7 Å². The van der Waals surface area contributed by atoms with Gasteiger partial charge in [-0.2, -0.15) is 5.10 Å². The number of carbonyl (C=O) groups excluding carboxylic acids is 2. The van der Waals surface area contributed by atoms with E-state index in [1.807, 2.05) is 0 Å². The third-order valence-electron chi connectivity index (χ3n) is 4.89. The molecular weight excluding hydrogens is 375 g/mol. The number of anilines is 1. The van der Waals surface area contributed by atoms with Gasteiger partial charge in [0.2, 0.25) is 0 Å². The highest BCUT2D eigenvalue weighted by Gasteiger charge is 2.41. The van der Waals surface area contributed by atoms with Gasteiger partial charge in [-0.1, -0.05) is 12.1 Å². The molecule has 0 bridgehead atoms. The fourth-order valence-electron chi connectivity index (χ4n) is 3.56. The van der Waals surface area contributed by atoms with E-state index in [4.69, 9.17) is 4.74 Å². The van der Waals surface area contributed by atoms with Crippen molar-refractivity contribution in [1.82, 2.24) is 15.2 Å². The Hall–Kier alpha value is -4.07. The number of rotatable bonds is 3. The first-order valence-electron chi connectivity index (χ1n) is 8.75. The molecule has 0 atom stereocenters. The lowest BCUT2D eigenvalue weighted by molar-refractivity contribution is 0.0925. The largest absolute Gasteiger partial charge is 0.495 e. The molecule has 1 aliphatic heterocycles. The highest BCUT2D eigenvalue weighted by molar-refractivity contribution is 6.38. The minimum Gasteiger partial charge on any atom is -0.495 e. The van der Waals surface area contributed by atoms with Gasteiger partial charge in [0.05, 0.1) is 35.0 Å². The molecular formula is C21H13FN4O3. The number of hydrogen-bond acceptors (Lipinski definition) is 5. The molecule has 2 aromatic carbocycles. The molecule has 0 fully saturated rings. The zero-order valence-corrected chi connectivity index (χ0v) is 15.1. The summed E-state index contributed by atoms with van der Waals surface area (Å²) in [4.78, 5) is 31.7. The van der Waals surface area contributed by atoms with Gasteiger partial charge in [0, 0.05) is 11.8 Å². The summed E-state index contributed by atoms with van der Waals surface area (Å²) < 4.78 is 18.6. The summed E-state index contributed by atoms with van der Waals surface area (Å²) in [6, 6.07) is 12.6. The molecule has 29 heavy (non-hydrogen) atoms. The zero-order valence-electron chi connectivity index (χ0n) is 15.1. The number of halogens is 1. The van der Waals surface area contributed by atoms with Crippen LogP contribution >= 0.6 is 0 Å². The van der Waals surface area contributed by atoms with Gasteiger partial charge in [-0.3, -0.25) is 14.7 Å². The summed E-state index contributed by atoms with van der Waals surface area (Å²) in [5, 5.41) is 7.42. The number of ether oxygens (including phenoxy) is 1. The normalized spacial score (nSPS) is 13.2. The van der Waals surface area contributed by atoms with Gasteiger partial charge in [0.25, 0.3) is 11.8 Å². The number of amides is 2. The Bertz CT molecular complexity index is 1300. The molecule has 0 aliphatic carbocycles. The monoisotopic (exact) mass is 388 g/mol. The quantitative estimate of drug-likeness (QED) is 0.542. The van der Waals surface area contributed by atoms with Crippen molar-refractivity contribution in [1.29, 1.82) is 0 Å². The molecule has 0 radical (unpaired) electrons. The van der Waals surface area contributed by atoms with Crippen molar-refractivity contribution in [2.24, 2.45) is 0 Å². The van der Waals surface area contributed by atoms with Crippen molar-refractivity contribution >= 4 is 28.5 Å². The molecule has 0 unspecified atom stereocenters. The van der Waals surface area contributed by atoms with E-state index in [-0.39, 0.29) is 16.9 Å². The summed E-state index contributed by atoms with van der Waals surface area (Å²) >= 11 is 0. The van der Waals surface area contributed by atoms with E-state index in [0.717, 1.165) is 4.90 Å². The van der Waals surface area contributed by atoms with Crippen LogP contribution < -0.4 is 9.64 Å². The Morgan fingerprint density at radius 3 is 2.55 bits per heavy atom. The van der Waals surface area contributed by atoms with Crippen LogP contribution in [0.2, 0.25) is 0 Å². The van der Waals surface area contributed by atoms with Crippen molar-refractivity contribution in [3.8, 4) is 17.0 Å². The molecule has 0 spiro atoms. The molecule has 2 aromatic heterocycles. The molecule has 7 nitrogen and oxygen atoms in total. The topological polar surface area (TPSA) is 88.2 Å². The third kappa shape index (κ3) is 2.42. The molecule has 1 aliphatic rings. The molecule has 0 saturated heterocycles. The maximum absolute atomic E-state index is 13.3. The van der Waals surface area contributed by atoms with E-state index in [1.165, 1.54) is 25.4 Å². The second-order valence-corrected chi connectivity index (χ2v) is 6.47. The summed E-state index contributed by atoms with van der Waals surface area (Å²) in [5.74, 6) is -0.964. The van der Waals surface area contributed by atoms with Crippen LogP contribution in [0, 0.1) is 5.82 Å². The number of carbonyl (C=O) groups is 2. The van der Waals surface area contributed by atoms with Crippen LogP contribution in [0.5, 0.6) is 5.75 Å². The first-order valence-corrected chi connectivity index (χ1v) is 8.75. The number of aromatic nitrogens is 3. The van der Waals surface area contributed by atoms with Gasteiger partial charge in [-0.05, 0) is 36.4 Å². The summed E-state index contributed by atoms with van der Waals surface area (Å²) in [6.45, 7) is 0. The Labute approximate surface area is 163 Å². The standard InChI is InChI=1S/C21H13FN4O3/c1-29-15-5-3-2-4-14(15)26-20(27)13-10-23-19-17(16(13)21(26)28)18(24-25-19)11-6-8-12(22)9-7-11/h2-10H,1H3,(H,23,24,25). The van der Waals surface area contributed by atoms with Crippen LogP contribution in [0.3, 0.4) is 0 Å². The Kier molecular flexibility index (Phi) is 3.67. The number of aromatic amines is 1. The smallest absolute Gasteiger partial charge is 0.267 e. The second kappa shape index (κ2) is 6.23. The van der Waals surface area contributed by atoms with E-state index in [0.29, 0.717) is 33.7 Å². The number of pyridine rings is 1. The predicted octanol–water partition coefficient (Wildman–Crippen LogP) is 3.57. The predicted molar refractivity (Wildman–Crippen MR) is 103 cm³/mol. The maximum atomic E-state index is 13.3. The number of benzene rings is 2. The molecule has 3 heterocycles. The lowest BCUT2D eigenvalue weighted by Crippen LogP contribution is -2.29. The van der Waals surface area contributed by atoms with Gasteiger partial charge in [-0.25, -0.2) is 14.3 Å². The molecule has 1 N–H and O–H groups in total. The lowest BCUT2D eigenvalue weighted by atomic mass is 10.0. The average molecular weight is 388 g/mol. The Balaban J connectivity index is 1.73. The van der Waals surface area contributed by atoms with E-state index in [9.17, 15) is 14.0 Å². The van der Waals surface area contributed by atoms with Gasteiger partial charge >= 0.3 is 0 Å². The molecule has 2 amide bonds. The van der Waals surface area contributed by atoms with Gasteiger partial charge in [0.15, 0.2) is 5.65 Å². The molecule has 4 aromatic rings. The number of nitrogens with one attached hydrogen (secondary N) is 1. The fraction of sp³-hybridized carbons (Fsp3) is 0.0476. The number of fused-ring (bicyclic) bond motifs is 3. The Morgan fingerprint density at radius 1 is 1.03 bits per heavy atom. The first kappa shape index (κ1) is 17.1. The van der Waals surface area contributed by atoms with Gasteiger partial charge < -0.3 is 4.74 Å². The van der Waals surface area contributed by atoms with Crippen molar-refractivity contribution in [2.45, 2.75) is 0 Å². The van der Waals surface area contributed by atoms with Crippen LogP contribution in [0.4, 0.5) is 10.1 Å². The molecule has 5 rings (SSSR count). The average Bonchev–Trinajstić information content (AvgIpc) is 3.28. The van der Waals surface area contributed by atoms with Crippen molar-refractivity contribution < 1.29 is 18.7 Å². The van der Waals surface area contributed by atoms with Crippen LogP contribution in [0.1, 0.15) is 20.7 Å². The summed E-state index contributed by atoms with van der Waals surface area (Å²) in [7, 11) is 1.47.